The van der Waals surface area contributed by atoms with Crippen molar-refractivity contribution in [2.45, 2.75) is 25.1 Å². The molecule has 0 unspecified atom stereocenters. The van der Waals surface area contributed by atoms with E-state index in [0.29, 0.717) is 5.69 Å². The SMILES string of the molecule is Br.Br.NC1CCN(c2cccc(C(F)(F)F)c2)CC1. The van der Waals surface area contributed by atoms with Crippen molar-refractivity contribution in [1.29, 1.82) is 0 Å². The van der Waals surface area contributed by atoms with E-state index in [1.165, 1.54) is 12.1 Å². The van der Waals surface area contributed by atoms with Crippen molar-refractivity contribution < 1.29 is 13.2 Å². The van der Waals surface area contributed by atoms with Crippen molar-refractivity contribution in [2.75, 3.05) is 18.0 Å². The van der Waals surface area contributed by atoms with Crippen molar-refractivity contribution in [1.82, 2.24) is 0 Å². The van der Waals surface area contributed by atoms with E-state index in [2.05, 4.69) is 0 Å². The Hall–Kier alpha value is -0.270. The first-order chi connectivity index (χ1) is 7.97. The molecule has 0 radical (unpaired) electrons. The number of rotatable bonds is 1. The van der Waals surface area contributed by atoms with E-state index in [-0.39, 0.29) is 40.0 Å². The molecule has 110 valence electrons. The fourth-order valence-corrected chi connectivity index (χ4v) is 2.04. The molecule has 0 spiro atoms. The number of nitrogens with zero attached hydrogens (tertiary/aromatic N) is 1. The molecule has 0 amide bonds. The summed E-state index contributed by atoms with van der Waals surface area (Å²) >= 11 is 0. The first-order valence-electron chi connectivity index (χ1n) is 5.64. The highest BCUT2D eigenvalue weighted by Gasteiger charge is 2.31. The van der Waals surface area contributed by atoms with Gasteiger partial charge in [-0.25, -0.2) is 0 Å². The smallest absolute Gasteiger partial charge is 0.371 e. The summed E-state index contributed by atoms with van der Waals surface area (Å²) in [5, 5.41) is 0. The van der Waals surface area contributed by atoms with Crippen LogP contribution in [0.4, 0.5) is 18.9 Å². The van der Waals surface area contributed by atoms with E-state index in [1.807, 2.05) is 4.90 Å². The molecule has 2 nitrogen and oxygen atoms in total. The van der Waals surface area contributed by atoms with Crippen LogP contribution in [0.15, 0.2) is 24.3 Å². The number of anilines is 1. The van der Waals surface area contributed by atoms with E-state index >= 15 is 0 Å². The summed E-state index contributed by atoms with van der Waals surface area (Å²) in [6.45, 7) is 1.45. The second-order valence-corrected chi connectivity index (χ2v) is 4.37. The number of benzene rings is 1. The van der Waals surface area contributed by atoms with E-state index in [0.717, 1.165) is 32.0 Å². The molecule has 1 aromatic carbocycles. The predicted octanol–water partition coefficient (Wildman–Crippen LogP) is 3.79. The Morgan fingerprint density at radius 2 is 1.68 bits per heavy atom. The highest BCUT2D eigenvalue weighted by atomic mass is 79.9. The zero-order valence-corrected chi connectivity index (χ0v) is 13.6. The van der Waals surface area contributed by atoms with Crippen LogP contribution in [0.5, 0.6) is 0 Å². The molecule has 0 bridgehead atoms. The van der Waals surface area contributed by atoms with Crippen LogP contribution in [0.2, 0.25) is 0 Å². The Balaban J connectivity index is 0.00000162. The van der Waals surface area contributed by atoms with Gasteiger partial charge in [0.05, 0.1) is 5.56 Å². The highest BCUT2D eigenvalue weighted by molar-refractivity contribution is 8.93. The Bertz CT molecular complexity index is 391. The predicted molar refractivity (Wildman–Crippen MR) is 81.5 cm³/mol. The zero-order chi connectivity index (χ0) is 12.5. The van der Waals surface area contributed by atoms with Crippen molar-refractivity contribution in [3.63, 3.8) is 0 Å². The zero-order valence-electron chi connectivity index (χ0n) is 10.2. The fourth-order valence-electron chi connectivity index (χ4n) is 2.04. The number of alkyl halides is 3. The van der Waals surface area contributed by atoms with Gasteiger partial charge in [0.15, 0.2) is 0 Å². The molecule has 0 saturated carbocycles. The van der Waals surface area contributed by atoms with Crippen molar-refractivity contribution in [3.05, 3.63) is 29.8 Å². The molecule has 19 heavy (non-hydrogen) atoms. The lowest BCUT2D eigenvalue weighted by Gasteiger charge is -2.32. The minimum absolute atomic E-state index is 0. The Labute approximate surface area is 131 Å². The molecular weight excluding hydrogens is 389 g/mol. The molecule has 1 fully saturated rings. The summed E-state index contributed by atoms with van der Waals surface area (Å²) in [6, 6.07) is 5.64. The second-order valence-electron chi connectivity index (χ2n) is 4.37. The molecular formula is C12H17Br2F3N2. The summed E-state index contributed by atoms with van der Waals surface area (Å²) in [6.07, 6.45) is -2.62. The molecule has 0 aliphatic carbocycles. The summed E-state index contributed by atoms with van der Waals surface area (Å²) in [5.74, 6) is 0. The quantitative estimate of drug-likeness (QED) is 0.770. The second kappa shape index (κ2) is 7.50. The van der Waals surface area contributed by atoms with Crippen LogP contribution in [0, 0.1) is 0 Å². The fraction of sp³-hybridized carbons (Fsp3) is 0.500. The van der Waals surface area contributed by atoms with Gasteiger partial charge in [0.1, 0.15) is 0 Å². The number of halogens is 5. The molecule has 0 aromatic heterocycles. The van der Waals surface area contributed by atoms with Gasteiger partial charge in [-0.05, 0) is 31.0 Å². The van der Waals surface area contributed by atoms with E-state index in [9.17, 15) is 13.2 Å². The topological polar surface area (TPSA) is 29.3 Å². The lowest BCUT2D eigenvalue weighted by atomic mass is 10.0. The third-order valence-corrected chi connectivity index (χ3v) is 3.08. The summed E-state index contributed by atoms with van der Waals surface area (Å²) in [4.78, 5) is 1.96. The first kappa shape index (κ1) is 18.7. The van der Waals surface area contributed by atoms with Crippen molar-refractivity contribution in [2.24, 2.45) is 5.73 Å². The average Bonchev–Trinajstić information content (AvgIpc) is 2.29. The van der Waals surface area contributed by atoms with Crippen molar-refractivity contribution in [3.8, 4) is 0 Å². The van der Waals surface area contributed by atoms with Gasteiger partial charge in [-0.15, -0.1) is 34.0 Å². The summed E-state index contributed by atoms with van der Waals surface area (Å²) in [5.41, 5.74) is 5.81. The minimum atomic E-state index is -4.28. The largest absolute Gasteiger partial charge is 0.416 e. The van der Waals surface area contributed by atoms with E-state index < -0.39 is 11.7 Å². The van der Waals surface area contributed by atoms with Crippen LogP contribution in [0.3, 0.4) is 0 Å². The lowest BCUT2D eigenvalue weighted by molar-refractivity contribution is -0.137. The molecule has 0 atom stereocenters. The number of hydrogen-bond donors (Lipinski definition) is 1. The maximum atomic E-state index is 12.6. The number of hydrogen-bond acceptors (Lipinski definition) is 2. The number of piperidine rings is 1. The Morgan fingerprint density at radius 3 is 2.21 bits per heavy atom. The third kappa shape index (κ3) is 4.96. The highest BCUT2D eigenvalue weighted by Crippen LogP contribution is 2.32. The van der Waals surface area contributed by atoms with Gasteiger partial charge in [0, 0.05) is 24.8 Å². The summed E-state index contributed by atoms with van der Waals surface area (Å²) < 4.78 is 37.7. The van der Waals surface area contributed by atoms with Crippen LogP contribution < -0.4 is 10.6 Å². The normalized spacial score (nSPS) is 16.5. The van der Waals surface area contributed by atoms with Crippen molar-refractivity contribution >= 4 is 39.7 Å². The van der Waals surface area contributed by atoms with Crippen LogP contribution in [-0.2, 0) is 6.18 Å². The summed E-state index contributed by atoms with van der Waals surface area (Å²) in [7, 11) is 0. The third-order valence-electron chi connectivity index (χ3n) is 3.08. The Morgan fingerprint density at radius 1 is 1.11 bits per heavy atom. The van der Waals surface area contributed by atoms with Gasteiger partial charge in [-0.1, -0.05) is 6.07 Å². The molecule has 1 aliphatic heterocycles. The Kier molecular flexibility index (Phi) is 7.39. The van der Waals surface area contributed by atoms with Gasteiger partial charge in [0.2, 0.25) is 0 Å². The molecule has 2 N–H and O–H groups in total. The maximum absolute atomic E-state index is 12.6. The molecule has 1 saturated heterocycles. The number of nitrogens with two attached hydrogens (primary N) is 1. The molecule has 2 rings (SSSR count). The van der Waals surface area contributed by atoms with Gasteiger partial charge < -0.3 is 10.6 Å². The first-order valence-corrected chi connectivity index (χ1v) is 5.64. The molecule has 7 heteroatoms. The van der Waals surface area contributed by atoms with E-state index in [4.69, 9.17) is 5.73 Å². The van der Waals surface area contributed by atoms with Gasteiger partial charge in [-0.2, -0.15) is 13.2 Å². The van der Waals surface area contributed by atoms with Crippen LogP contribution in [-0.4, -0.2) is 19.1 Å². The van der Waals surface area contributed by atoms with Gasteiger partial charge >= 0.3 is 6.18 Å². The minimum Gasteiger partial charge on any atom is -0.371 e. The van der Waals surface area contributed by atoms with Crippen LogP contribution in [0.1, 0.15) is 18.4 Å². The monoisotopic (exact) mass is 404 g/mol. The van der Waals surface area contributed by atoms with E-state index in [1.54, 1.807) is 6.07 Å². The van der Waals surface area contributed by atoms with Crippen LogP contribution >= 0.6 is 34.0 Å². The van der Waals surface area contributed by atoms with Gasteiger partial charge in [0.25, 0.3) is 0 Å². The van der Waals surface area contributed by atoms with Gasteiger partial charge in [-0.3, -0.25) is 0 Å². The lowest BCUT2D eigenvalue weighted by Crippen LogP contribution is -2.39. The standard InChI is InChI=1S/C12H15F3N2.2BrH/c13-12(14,15)9-2-1-3-11(8-9)17-6-4-10(16)5-7-17;;/h1-3,8,10H,4-7,16H2;2*1H. The average molecular weight is 406 g/mol. The molecule has 1 heterocycles. The van der Waals surface area contributed by atoms with Crippen LogP contribution in [0.25, 0.3) is 0 Å². The maximum Gasteiger partial charge on any atom is 0.416 e. The molecule has 1 aromatic rings. The molecule has 1 aliphatic rings.